The highest BCUT2D eigenvalue weighted by atomic mass is 32.2. The second-order valence-electron chi connectivity index (χ2n) is 10.1. The zero-order chi connectivity index (χ0) is 26.1. The third-order valence-electron chi connectivity index (χ3n) is 7.25. The Balaban J connectivity index is 1.31. The van der Waals surface area contributed by atoms with Crippen molar-refractivity contribution in [1.82, 2.24) is 14.8 Å². The lowest BCUT2D eigenvalue weighted by Crippen LogP contribution is -2.18. The highest BCUT2D eigenvalue weighted by Gasteiger charge is 2.29. The lowest BCUT2D eigenvalue weighted by molar-refractivity contribution is -0.113. The molecule has 0 aromatic carbocycles. The van der Waals surface area contributed by atoms with Crippen LogP contribution in [-0.2, 0) is 41.8 Å². The molecule has 10 heteroatoms. The van der Waals surface area contributed by atoms with E-state index in [1.54, 1.807) is 6.92 Å². The summed E-state index contributed by atoms with van der Waals surface area (Å²) in [5, 5.41) is 15.6. The van der Waals surface area contributed by atoms with Gasteiger partial charge in [0.15, 0.2) is 11.0 Å². The molecule has 0 bridgehead atoms. The topological polar surface area (TPSA) is 86.1 Å². The molecule has 2 aliphatic rings. The van der Waals surface area contributed by atoms with E-state index in [9.17, 15) is 9.59 Å². The van der Waals surface area contributed by atoms with Crippen LogP contribution < -0.4 is 5.32 Å². The van der Waals surface area contributed by atoms with E-state index in [0.717, 1.165) is 61.1 Å². The summed E-state index contributed by atoms with van der Waals surface area (Å²) in [5.41, 5.74) is 4.20. The van der Waals surface area contributed by atoms with E-state index >= 15 is 0 Å². The standard InChI is InChI=1S/C27H34N4O3S3/c1-5-31-24(19-13-35-20-11-15(3)7-9-17(19)20)29-30-27(31)36-14-22(32)28-25-23(26(33)34-6-2)18-10-8-16(4)12-21(18)37-25/h13,15-16H,5-12,14H2,1-4H3,(H,28,32). The molecule has 0 radical (unpaired) electrons. The zero-order valence-electron chi connectivity index (χ0n) is 21.9. The van der Waals surface area contributed by atoms with Crippen molar-refractivity contribution in [3.63, 3.8) is 0 Å². The van der Waals surface area contributed by atoms with Crippen LogP contribution in [0.15, 0.2) is 10.5 Å². The van der Waals surface area contributed by atoms with Crippen LogP contribution in [0.25, 0.3) is 11.4 Å². The van der Waals surface area contributed by atoms with Crippen LogP contribution in [-0.4, -0.2) is 39.0 Å². The molecule has 198 valence electrons. The largest absolute Gasteiger partial charge is 0.462 e. The predicted molar refractivity (Wildman–Crippen MR) is 151 cm³/mol. The molecule has 1 amide bonds. The van der Waals surface area contributed by atoms with E-state index in [2.05, 4.69) is 46.2 Å². The predicted octanol–water partition coefficient (Wildman–Crippen LogP) is 6.25. The molecule has 7 nitrogen and oxygen atoms in total. The number of thioether (sulfide) groups is 1. The minimum absolute atomic E-state index is 0.156. The maximum absolute atomic E-state index is 13.0. The number of esters is 1. The Morgan fingerprint density at radius 2 is 1.84 bits per heavy atom. The van der Waals surface area contributed by atoms with Crippen LogP contribution in [0.3, 0.4) is 0 Å². The Bertz CT molecular complexity index is 1310. The number of carbonyl (C=O) groups excluding carboxylic acids is 2. The number of aromatic nitrogens is 3. The van der Waals surface area contributed by atoms with Crippen LogP contribution >= 0.6 is 34.4 Å². The Morgan fingerprint density at radius 3 is 2.57 bits per heavy atom. The zero-order valence-corrected chi connectivity index (χ0v) is 24.3. The van der Waals surface area contributed by atoms with Crippen molar-refractivity contribution in [3.05, 3.63) is 31.8 Å². The third-order valence-corrected chi connectivity index (χ3v) is 10.4. The number of thiophene rings is 2. The molecule has 3 heterocycles. The van der Waals surface area contributed by atoms with E-state index in [4.69, 9.17) is 4.74 Å². The first-order valence-corrected chi connectivity index (χ1v) is 15.8. The van der Waals surface area contributed by atoms with E-state index in [-0.39, 0.29) is 17.6 Å². The van der Waals surface area contributed by atoms with Gasteiger partial charge in [0, 0.05) is 27.2 Å². The fourth-order valence-electron chi connectivity index (χ4n) is 5.30. The van der Waals surface area contributed by atoms with Gasteiger partial charge in [0.05, 0.1) is 17.9 Å². The first-order valence-electron chi connectivity index (χ1n) is 13.2. The number of anilines is 1. The van der Waals surface area contributed by atoms with Crippen molar-refractivity contribution in [1.29, 1.82) is 0 Å². The Labute approximate surface area is 230 Å². The van der Waals surface area contributed by atoms with Crippen LogP contribution in [0, 0.1) is 11.8 Å². The van der Waals surface area contributed by atoms with Crippen molar-refractivity contribution in [2.24, 2.45) is 11.8 Å². The number of hydrogen-bond donors (Lipinski definition) is 1. The van der Waals surface area contributed by atoms with Crippen molar-refractivity contribution < 1.29 is 14.3 Å². The van der Waals surface area contributed by atoms with Crippen LogP contribution in [0.2, 0.25) is 0 Å². The molecule has 0 fully saturated rings. The number of hydrogen-bond acceptors (Lipinski definition) is 8. The Hall–Kier alpha value is -2.17. The first-order chi connectivity index (χ1) is 17.9. The number of rotatable bonds is 8. The van der Waals surface area contributed by atoms with Gasteiger partial charge in [-0.25, -0.2) is 4.79 Å². The summed E-state index contributed by atoms with van der Waals surface area (Å²) in [4.78, 5) is 28.4. The minimum Gasteiger partial charge on any atom is -0.462 e. The number of nitrogens with zero attached hydrogens (tertiary/aromatic N) is 3. The lowest BCUT2D eigenvalue weighted by atomic mass is 9.88. The SMILES string of the molecule is CCOC(=O)c1c(NC(=O)CSc2nnc(-c3csc4c3CCC(C)C4)n2CC)sc2c1CCC(C)C2. The third kappa shape index (κ3) is 5.38. The van der Waals surface area contributed by atoms with Crippen LogP contribution in [0.5, 0.6) is 0 Å². The van der Waals surface area contributed by atoms with Crippen molar-refractivity contribution in [3.8, 4) is 11.4 Å². The number of carbonyl (C=O) groups is 2. The smallest absolute Gasteiger partial charge is 0.341 e. The summed E-state index contributed by atoms with van der Waals surface area (Å²) in [6.07, 6.45) is 6.26. The van der Waals surface area contributed by atoms with E-state index in [1.807, 2.05) is 11.3 Å². The van der Waals surface area contributed by atoms with Gasteiger partial charge in [0.2, 0.25) is 5.91 Å². The van der Waals surface area contributed by atoms with E-state index in [1.165, 1.54) is 50.4 Å². The monoisotopic (exact) mass is 558 g/mol. The van der Waals surface area contributed by atoms with Gasteiger partial charge in [0.25, 0.3) is 0 Å². The normalized spacial score (nSPS) is 18.8. The molecular weight excluding hydrogens is 525 g/mol. The highest BCUT2D eigenvalue weighted by Crippen LogP contribution is 2.41. The number of nitrogens with one attached hydrogen (secondary N) is 1. The summed E-state index contributed by atoms with van der Waals surface area (Å²) in [6, 6.07) is 0. The fraction of sp³-hybridized carbons (Fsp3) is 0.556. The van der Waals surface area contributed by atoms with Gasteiger partial charge in [-0.2, -0.15) is 0 Å². The molecule has 0 spiro atoms. The lowest BCUT2D eigenvalue weighted by Gasteiger charge is -2.19. The van der Waals surface area contributed by atoms with Gasteiger partial charge < -0.3 is 14.6 Å². The molecule has 2 aliphatic carbocycles. The summed E-state index contributed by atoms with van der Waals surface area (Å²) < 4.78 is 7.44. The maximum Gasteiger partial charge on any atom is 0.341 e. The van der Waals surface area contributed by atoms with Crippen LogP contribution in [0.1, 0.15) is 71.8 Å². The summed E-state index contributed by atoms with van der Waals surface area (Å²) in [6.45, 7) is 9.48. The quantitative estimate of drug-likeness (QED) is 0.260. The Kier molecular flexibility index (Phi) is 8.07. The molecule has 5 rings (SSSR count). The molecule has 2 atom stereocenters. The number of ether oxygens (including phenoxy) is 1. The maximum atomic E-state index is 13.0. The number of fused-ring (bicyclic) bond motifs is 2. The molecule has 0 saturated carbocycles. The van der Waals surface area contributed by atoms with Gasteiger partial charge in [0.1, 0.15) is 5.00 Å². The van der Waals surface area contributed by atoms with Gasteiger partial charge in [-0.15, -0.1) is 32.9 Å². The van der Waals surface area contributed by atoms with Gasteiger partial charge in [-0.05, 0) is 75.3 Å². The van der Waals surface area contributed by atoms with E-state index < -0.39 is 0 Å². The summed E-state index contributed by atoms with van der Waals surface area (Å²) >= 11 is 4.73. The van der Waals surface area contributed by atoms with Crippen molar-refractivity contribution >= 4 is 51.3 Å². The van der Waals surface area contributed by atoms with Gasteiger partial charge in [-0.3, -0.25) is 4.79 Å². The average Bonchev–Trinajstić information content (AvgIpc) is 3.56. The molecule has 3 aromatic rings. The second-order valence-corrected chi connectivity index (χ2v) is 13.1. The molecule has 0 aliphatic heterocycles. The van der Waals surface area contributed by atoms with Crippen molar-refractivity contribution in [2.75, 3.05) is 17.7 Å². The Morgan fingerprint density at radius 1 is 1.11 bits per heavy atom. The van der Waals surface area contributed by atoms with Crippen LogP contribution in [0.4, 0.5) is 5.00 Å². The molecule has 2 unspecified atom stereocenters. The van der Waals surface area contributed by atoms with Gasteiger partial charge >= 0.3 is 5.97 Å². The molecular formula is C27H34N4O3S3. The molecule has 3 aromatic heterocycles. The van der Waals surface area contributed by atoms with Crippen molar-refractivity contribution in [2.45, 2.75) is 77.9 Å². The summed E-state index contributed by atoms with van der Waals surface area (Å²) in [5.74, 6) is 1.89. The minimum atomic E-state index is -0.346. The van der Waals surface area contributed by atoms with E-state index in [0.29, 0.717) is 23.1 Å². The van der Waals surface area contributed by atoms with Gasteiger partial charge in [-0.1, -0.05) is 25.6 Å². The molecule has 0 saturated heterocycles. The first kappa shape index (κ1) is 26.4. The summed E-state index contributed by atoms with van der Waals surface area (Å²) in [7, 11) is 0. The highest BCUT2D eigenvalue weighted by molar-refractivity contribution is 7.99. The number of amides is 1. The average molecular weight is 559 g/mol. The molecule has 1 N–H and O–H groups in total. The second kappa shape index (κ2) is 11.3. The molecule has 37 heavy (non-hydrogen) atoms. The fourth-order valence-corrected chi connectivity index (χ4v) is 8.76.